The third-order valence-corrected chi connectivity index (χ3v) is 4.39. The van der Waals surface area contributed by atoms with E-state index in [1.165, 1.54) is 11.8 Å². The molecule has 3 nitrogen and oxygen atoms in total. The van der Waals surface area contributed by atoms with Crippen molar-refractivity contribution in [2.75, 3.05) is 31.9 Å². The molecule has 0 aromatic carbocycles. The Morgan fingerprint density at radius 1 is 1.35 bits per heavy atom. The van der Waals surface area contributed by atoms with Crippen molar-refractivity contribution < 1.29 is 18.0 Å². The summed E-state index contributed by atoms with van der Waals surface area (Å²) in [6.45, 7) is 4.49. The molecule has 0 spiro atoms. The third kappa shape index (κ3) is 7.38. The number of amides is 1. The molecule has 1 saturated heterocycles. The Labute approximate surface area is 122 Å². The predicted molar refractivity (Wildman–Crippen MR) is 75.8 cm³/mol. The zero-order valence-corrected chi connectivity index (χ0v) is 12.8. The Kier molecular flexibility index (Phi) is 7.15. The van der Waals surface area contributed by atoms with Crippen molar-refractivity contribution >= 4 is 17.7 Å². The molecule has 0 saturated carbocycles. The number of carbonyl (C=O) groups excluding carboxylic acids is 1. The standard InChI is InChI=1S/C13H23F3N2OS/c1-10(2)7-18(9-13(14,15)16)12(19)8-20-11-3-5-17-6-4-11/h10-11,17H,3-9H2,1-2H3. The molecule has 1 rings (SSSR count). The molecule has 0 aromatic heterocycles. The summed E-state index contributed by atoms with van der Waals surface area (Å²) in [6.07, 6.45) is -2.38. The number of piperidine rings is 1. The van der Waals surface area contributed by atoms with Gasteiger partial charge in [-0.05, 0) is 31.8 Å². The molecule has 0 bridgehead atoms. The number of hydrogen-bond acceptors (Lipinski definition) is 3. The first-order valence-corrected chi connectivity index (χ1v) is 7.99. The molecule has 1 amide bonds. The molecule has 0 aliphatic carbocycles. The molecule has 1 aliphatic heterocycles. The van der Waals surface area contributed by atoms with E-state index in [0.29, 0.717) is 5.25 Å². The van der Waals surface area contributed by atoms with Crippen LogP contribution in [-0.4, -0.2) is 54.2 Å². The quantitative estimate of drug-likeness (QED) is 0.818. The van der Waals surface area contributed by atoms with Gasteiger partial charge in [0.15, 0.2) is 0 Å². The van der Waals surface area contributed by atoms with Crippen LogP contribution in [0.15, 0.2) is 0 Å². The van der Waals surface area contributed by atoms with Crippen molar-refractivity contribution in [3.05, 3.63) is 0 Å². The van der Waals surface area contributed by atoms with Crippen LogP contribution < -0.4 is 5.32 Å². The van der Waals surface area contributed by atoms with Crippen LogP contribution in [0.4, 0.5) is 13.2 Å². The topological polar surface area (TPSA) is 32.3 Å². The van der Waals surface area contributed by atoms with Crippen molar-refractivity contribution in [2.45, 2.75) is 38.1 Å². The summed E-state index contributed by atoms with van der Waals surface area (Å²) in [5.74, 6) is -0.224. The normalized spacial score (nSPS) is 17.5. The molecule has 1 heterocycles. The second-order valence-corrected chi connectivity index (χ2v) is 6.83. The van der Waals surface area contributed by atoms with Crippen molar-refractivity contribution in [1.29, 1.82) is 0 Å². The predicted octanol–water partition coefficient (Wildman–Crippen LogP) is 2.52. The first kappa shape index (κ1) is 17.6. The smallest absolute Gasteiger partial charge is 0.333 e. The van der Waals surface area contributed by atoms with E-state index < -0.39 is 18.6 Å². The summed E-state index contributed by atoms with van der Waals surface area (Å²) in [7, 11) is 0. The highest BCUT2D eigenvalue weighted by Gasteiger charge is 2.33. The van der Waals surface area contributed by atoms with Gasteiger partial charge in [-0.25, -0.2) is 0 Å². The van der Waals surface area contributed by atoms with Gasteiger partial charge in [-0.1, -0.05) is 13.8 Å². The van der Waals surface area contributed by atoms with Crippen LogP contribution in [-0.2, 0) is 4.79 Å². The van der Waals surface area contributed by atoms with E-state index in [2.05, 4.69) is 5.32 Å². The SMILES string of the molecule is CC(C)CN(CC(F)(F)F)C(=O)CSC1CCNCC1. The monoisotopic (exact) mass is 312 g/mol. The van der Waals surface area contributed by atoms with Gasteiger partial charge in [-0.15, -0.1) is 11.8 Å². The van der Waals surface area contributed by atoms with Gasteiger partial charge in [0.1, 0.15) is 6.54 Å². The fraction of sp³-hybridized carbons (Fsp3) is 0.923. The van der Waals surface area contributed by atoms with Gasteiger partial charge in [0.2, 0.25) is 5.91 Å². The van der Waals surface area contributed by atoms with Crippen molar-refractivity contribution in [1.82, 2.24) is 10.2 Å². The van der Waals surface area contributed by atoms with Gasteiger partial charge in [0.05, 0.1) is 5.75 Å². The van der Waals surface area contributed by atoms with E-state index in [0.717, 1.165) is 30.8 Å². The van der Waals surface area contributed by atoms with Crippen LogP contribution in [0.5, 0.6) is 0 Å². The van der Waals surface area contributed by atoms with E-state index in [1.807, 2.05) is 13.8 Å². The molecular weight excluding hydrogens is 289 g/mol. The second kappa shape index (κ2) is 8.12. The van der Waals surface area contributed by atoms with E-state index in [4.69, 9.17) is 0 Å². The lowest BCUT2D eigenvalue weighted by molar-refractivity contribution is -0.160. The lowest BCUT2D eigenvalue weighted by Crippen LogP contribution is -2.42. The highest BCUT2D eigenvalue weighted by molar-refractivity contribution is 8.00. The van der Waals surface area contributed by atoms with Gasteiger partial charge < -0.3 is 10.2 Å². The number of alkyl halides is 3. The Hall–Kier alpha value is -0.430. The maximum absolute atomic E-state index is 12.5. The minimum Gasteiger partial charge on any atom is -0.333 e. The fourth-order valence-corrected chi connectivity index (χ4v) is 3.28. The molecule has 20 heavy (non-hydrogen) atoms. The summed E-state index contributed by atoms with van der Waals surface area (Å²) < 4.78 is 37.5. The largest absolute Gasteiger partial charge is 0.406 e. The molecule has 1 fully saturated rings. The molecule has 0 unspecified atom stereocenters. The highest BCUT2D eigenvalue weighted by Crippen LogP contribution is 2.22. The van der Waals surface area contributed by atoms with Crippen molar-refractivity contribution in [3.8, 4) is 0 Å². The number of hydrogen-bond donors (Lipinski definition) is 1. The molecule has 0 radical (unpaired) electrons. The highest BCUT2D eigenvalue weighted by atomic mass is 32.2. The number of nitrogens with one attached hydrogen (secondary N) is 1. The number of thioether (sulfide) groups is 1. The maximum atomic E-state index is 12.5. The lowest BCUT2D eigenvalue weighted by Gasteiger charge is -2.27. The Morgan fingerprint density at radius 2 is 1.95 bits per heavy atom. The Morgan fingerprint density at radius 3 is 2.45 bits per heavy atom. The summed E-state index contributed by atoms with van der Waals surface area (Å²) >= 11 is 1.49. The molecule has 118 valence electrons. The maximum Gasteiger partial charge on any atom is 0.406 e. The van der Waals surface area contributed by atoms with Gasteiger partial charge in [0, 0.05) is 11.8 Å². The zero-order chi connectivity index (χ0) is 15.2. The Bertz CT molecular complexity index is 304. The number of halogens is 3. The van der Waals surface area contributed by atoms with Gasteiger partial charge in [-0.3, -0.25) is 4.79 Å². The summed E-state index contributed by atoms with van der Waals surface area (Å²) in [5.41, 5.74) is 0. The van der Waals surface area contributed by atoms with E-state index >= 15 is 0 Å². The van der Waals surface area contributed by atoms with Gasteiger partial charge >= 0.3 is 6.18 Å². The second-order valence-electron chi connectivity index (χ2n) is 5.54. The minimum absolute atomic E-state index is 0.0326. The average Bonchev–Trinajstić information content (AvgIpc) is 2.34. The molecule has 1 aliphatic rings. The van der Waals surface area contributed by atoms with Crippen LogP contribution in [0.25, 0.3) is 0 Å². The molecule has 1 N–H and O–H groups in total. The Balaban J connectivity index is 2.44. The summed E-state index contributed by atoms with van der Waals surface area (Å²) in [4.78, 5) is 12.9. The lowest BCUT2D eigenvalue weighted by atomic mass is 10.2. The van der Waals surface area contributed by atoms with Crippen LogP contribution in [0.3, 0.4) is 0 Å². The molecular formula is C13H23F3N2OS. The van der Waals surface area contributed by atoms with Crippen molar-refractivity contribution in [2.24, 2.45) is 5.92 Å². The van der Waals surface area contributed by atoms with E-state index in [9.17, 15) is 18.0 Å². The minimum atomic E-state index is -4.33. The molecule has 7 heteroatoms. The van der Waals surface area contributed by atoms with Gasteiger partial charge in [0.25, 0.3) is 0 Å². The number of carbonyl (C=O) groups is 1. The fourth-order valence-electron chi connectivity index (χ4n) is 2.15. The summed E-state index contributed by atoms with van der Waals surface area (Å²) in [6, 6.07) is 0. The van der Waals surface area contributed by atoms with Crippen LogP contribution in [0.1, 0.15) is 26.7 Å². The summed E-state index contributed by atoms with van der Waals surface area (Å²) in [5, 5.41) is 3.61. The third-order valence-electron chi connectivity index (χ3n) is 3.04. The zero-order valence-electron chi connectivity index (χ0n) is 12.0. The molecule has 0 atom stereocenters. The van der Waals surface area contributed by atoms with Crippen LogP contribution in [0, 0.1) is 5.92 Å². The molecule has 0 aromatic rings. The number of rotatable bonds is 6. The van der Waals surface area contributed by atoms with Crippen LogP contribution in [0.2, 0.25) is 0 Å². The van der Waals surface area contributed by atoms with Gasteiger partial charge in [-0.2, -0.15) is 13.2 Å². The first-order valence-electron chi connectivity index (χ1n) is 6.95. The van der Waals surface area contributed by atoms with Crippen LogP contribution >= 0.6 is 11.8 Å². The van der Waals surface area contributed by atoms with E-state index in [-0.39, 0.29) is 18.2 Å². The average molecular weight is 312 g/mol. The van der Waals surface area contributed by atoms with Crippen molar-refractivity contribution in [3.63, 3.8) is 0 Å². The van der Waals surface area contributed by atoms with E-state index in [1.54, 1.807) is 0 Å². The number of nitrogens with zero attached hydrogens (tertiary/aromatic N) is 1. The first-order chi connectivity index (χ1) is 9.28.